The van der Waals surface area contributed by atoms with Crippen LogP contribution in [0.15, 0.2) is 58.2 Å². The minimum atomic E-state index is -0.859. The highest BCUT2D eigenvalue weighted by atomic mass is 35.5. The van der Waals surface area contributed by atoms with Crippen molar-refractivity contribution in [3.63, 3.8) is 0 Å². The van der Waals surface area contributed by atoms with Gasteiger partial charge in [-0.25, -0.2) is 4.79 Å². The van der Waals surface area contributed by atoms with Crippen molar-refractivity contribution in [2.24, 2.45) is 10.9 Å². The summed E-state index contributed by atoms with van der Waals surface area (Å²) >= 11 is 6.16. The molecule has 9 nitrogen and oxygen atoms in total. The zero-order chi connectivity index (χ0) is 20.3. The molecule has 2 aromatic carbocycles. The molecule has 0 aliphatic heterocycles. The van der Waals surface area contributed by atoms with Crippen LogP contribution in [0.1, 0.15) is 21.7 Å². The number of carbonyl (C=O) groups excluding carboxylic acids is 1. The average Bonchev–Trinajstić information content (AvgIpc) is 3.07. The van der Waals surface area contributed by atoms with Crippen molar-refractivity contribution in [3.05, 3.63) is 80.6 Å². The second kappa shape index (κ2) is 7.89. The first kappa shape index (κ1) is 19.1. The van der Waals surface area contributed by atoms with Crippen molar-refractivity contribution >= 4 is 29.1 Å². The molecular formula is C18H13ClN4O5. The van der Waals surface area contributed by atoms with Gasteiger partial charge < -0.3 is 15.1 Å². The molecule has 1 heterocycles. The summed E-state index contributed by atoms with van der Waals surface area (Å²) in [5, 5.41) is 18.7. The maximum absolute atomic E-state index is 12.5. The second-order valence-corrected chi connectivity index (χ2v) is 6.01. The number of amidine groups is 1. The molecule has 3 rings (SSSR count). The Morgan fingerprint density at radius 1 is 1.29 bits per heavy atom. The number of aromatic nitrogens is 1. The van der Waals surface area contributed by atoms with E-state index < -0.39 is 10.9 Å². The van der Waals surface area contributed by atoms with Crippen LogP contribution < -0.4 is 5.73 Å². The third-order valence-electron chi connectivity index (χ3n) is 3.78. The first-order chi connectivity index (χ1) is 13.4. The highest BCUT2D eigenvalue weighted by molar-refractivity contribution is 6.33. The van der Waals surface area contributed by atoms with Crippen LogP contribution in [-0.4, -0.2) is 21.9 Å². The van der Waals surface area contributed by atoms with E-state index >= 15 is 0 Å². The Labute approximate surface area is 163 Å². The summed E-state index contributed by atoms with van der Waals surface area (Å²) in [6, 6.07) is 12.3. The number of carbonyl (C=O) groups is 1. The van der Waals surface area contributed by atoms with Gasteiger partial charge in [0.25, 0.3) is 5.69 Å². The lowest BCUT2D eigenvalue weighted by atomic mass is 10.1. The van der Waals surface area contributed by atoms with Crippen LogP contribution in [0.25, 0.3) is 11.3 Å². The average molecular weight is 401 g/mol. The molecule has 0 atom stereocenters. The van der Waals surface area contributed by atoms with Gasteiger partial charge >= 0.3 is 5.97 Å². The van der Waals surface area contributed by atoms with E-state index in [0.717, 1.165) is 0 Å². The summed E-state index contributed by atoms with van der Waals surface area (Å²) in [4.78, 5) is 27.7. The molecule has 0 unspecified atom stereocenters. The molecule has 3 aromatic rings. The van der Waals surface area contributed by atoms with Crippen molar-refractivity contribution in [1.82, 2.24) is 5.16 Å². The molecule has 10 heteroatoms. The number of benzene rings is 2. The molecule has 0 spiro atoms. The maximum Gasteiger partial charge on any atom is 0.371 e. The Bertz CT molecular complexity index is 1090. The lowest BCUT2D eigenvalue weighted by Crippen LogP contribution is -2.15. The van der Waals surface area contributed by atoms with Crippen molar-refractivity contribution in [3.8, 4) is 11.3 Å². The standard InChI is InChI=1S/C18H13ClN4O5/c1-10-15(16(21-27-10)13-7-2-3-8-14(13)19)18(24)28-22-17(20)11-5-4-6-12(9-11)23(25)26/h2-9H,1H3,(H2,20,22). The first-order valence-corrected chi connectivity index (χ1v) is 8.27. The number of hydrogen-bond donors (Lipinski definition) is 1. The third-order valence-corrected chi connectivity index (χ3v) is 4.11. The molecular weight excluding hydrogens is 388 g/mol. The molecule has 0 saturated heterocycles. The summed E-state index contributed by atoms with van der Waals surface area (Å²) in [5.74, 6) is -0.850. The van der Waals surface area contributed by atoms with E-state index in [2.05, 4.69) is 10.3 Å². The zero-order valence-corrected chi connectivity index (χ0v) is 15.2. The van der Waals surface area contributed by atoms with Gasteiger partial charge in [0.1, 0.15) is 17.0 Å². The zero-order valence-electron chi connectivity index (χ0n) is 14.5. The quantitative estimate of drug-likeness (QED) is 0.227. The van der Waals surface area contributed by atoms with Gasteiger partial charge in [-0.15, -0.1) is 0 Å². The number of nitrogens with two attached hydrogens (primary N) is 1. The van der Waals surface area contributed by atoms with Crippen LogP contribution in [0.2, 0.25) is 5.02 Å². The fourth-order valence-corrected chi connectivity index (χ4v) is 2.64. The molecule has 0 aliphatic rings. The number of nitro groups is 1. The minimum absolute atomic E-state index is 0.0451. The predicted molar refractivity (Wildman–Crippen MR) is 101 cm³/mol. The van der Waals surface area contributed by atoms with E-state index in [9.17, 15) is 14.9 Å². The molecule has 2 N–H and O–H groups in total. The summed E-state index contributed by atoms with van der Waals surface area (Å²) in [5.41, 5.74) is 6.57. The van der Waals surface area contributed by atoms with Crippen LogP contribution in [0.4, 0.5) is 5.69 Å². The number of halogens is 1. The fraction of sp³-hybridized carbons (Fsp3) is 0.0556. The Balaban J connectivity index is 1.87. The highest BCUT2D eigenvalue weighted by Gasteiger charge is 2.25. The smallest absolute Gasteiger partial charge is 0.371 e. The second-order valence-electron chi connectivity index (χ2n) is 5.60. The SMILES string of the molecule is Cc1onc(-c2ccccc2Cl)c1C(=O)ON=C(N)c1cccc([N+](=O)[O-])c1. The Morgan fingerprint density at radius 2 is 2.04 bits per heavy atom. The van der Waals surface area contributed by atoms with E-state index in [-0.39, 0.29) is 34.1 Å². The van der Waals surface area contributed by atoms with Gasteiger partial charge in [-0.1, -0.05) is 52.2 Å². The number of oxime groups is 1. The van der Waals surface area contributed by atoms with Crippen LogP contribution in [0.5, 0.6) is 0 Å². The Kier molecular flexibility index (Phi) is 5.37. The van der Waals surface area contributed by atoms with Crippen LogP contribution in [0, 0.1) is 17.0 Å². The van der Waals surface area contributed by atoms with Crippen molar-refractivity contribution < 1.29 is 19.1 Å². The predicted octanol–water partition coefficient (Wildman–Crippen LogP) is 3.69. The van der Waals surface area contributed by atoms with Crippen LogP contribution in [0.3, 0.4) is 0 Å². The highest BCUT2D eigenvalue weighted by Crippen LogP contribution is 2.31. The molecule has 0 fully saturated rings. The monoisotopic (exact) mass is 400 g/mol. The lowest BCUT2D eigenvalue weighted by molar-refractivity contribution is -0.384. The molecule has 28 heavy (non-hydrogen) atoms. The van der Waals surface area contributed by atoms with E-state index in [1.807, 2.05) is 0 Å². The number of nitro benzene ring substituents is 1. The van der Waals surface area contributed by atoms with Crippen LogP contribution in [-0.2, 0) is 4.84 Å². The van der Waals surface area contributed by atoms with Gasteiger partial charge in [-0.05, 0) is 13.0 Å². The fourth-order valence-electron chi connectivity index (χ4n) is 2.42. The number of nitrogens with zero attached hydrogens (tertiary/aromatic N) is 3. The third kappa shape index (κ3) is 3.84. The van der Waals surface area contributed by atoms with E-state index in [1.165, 1.54) is 31.2 Å². The summed E-state index contributed by atoms with van der Waals surface area (Å²) in [6.07, 6.45) is 0. The number of non-ortho nitro benzene ring substituents is 1. The van der Waals surface area contributed by atoms with E-state index in [4.69, 9.17) is 26.7 Å². The maximum atomic E-state index is 12.5. The van der Waals surface area contributed by atoms with Gasteiger partial charge in [-0.2, -0.15) is 0 Å². The van der Waals surface area contributed by atoms with Crippen molar-refractivity contribution in [2.45, 2.75) is 6.92 Å². The molecule has 142 valence electrons. The van der Waals surface area contributed by atoms with E-state index in [1.54, 1.807) is 24.3 Å². The summed E-state index contributed by atoms with van der Waals surface area (Å²) < 4.78 is 5.10. The topological polar surface area (TPSA) is 134 Å². The summed E-state index contributed by atoms with van der Waals surface area (Å²) in [7, 11) is 0. The Morgan fingerprint density at radius 3 is 2.75 bits per heavy atom. The Hall–Kier alpha value is -3.72. The van der Waals surface area contributed by atoms with Crippen molar-refractivity contribution in [1.29, 1.82) is 0 Å². The van der Waals surface area contributed by atoms with Crippen LogP contribution >= 0.6 is 11.6 Å². The molecule has 0 aliphatic carbocycles. The van der Waals surface area contributed by atoms with Gasteiger partial charge in [0, 0.05) is 23.3 Å². The molecule has 0 saturated carbocycles. The summed E-state index contributed by atoms with van der Waals surface area (Å²) in [6.45, 7) is 1.54. The molecule has 0 bridgehead atoms. The first-order valence-electron chi connectivity index (χ1n) is 7.89. The van der Waals surface area contributed by atoms with Gasteiger partial charge in [0.2, 0.25) is 0 Å². The van der Waals surface area contributed by atoms with E-state index in [0.29, 0.717) is 10.6 Å². The largest absolute Gasteiger partial charge is 0.380 e. The number of rotatable bonds is 5. The molecule has 0 radical (unpaired) electrons. The molecule has 0 amide bonds. The van der Waals surface area contributed by atoms with Crippen molar-refractivity contribution in [2.75, 3.05) is 0 Å². The number of hydrogen-bond acceptors (Lipinski definition) is 7. The number of aryl methyl sites for hydroxylation is 1. The van der Waals surface area contributed by atoms with Gasteiger partial charge in [0.15, 0.2) is 5.84 Å². The normalized spacial score (nSPS) is 11.3. The lowest BCUT2D eigenvalue weighted by Gasteiger charge is -2.03. The molecule has 1 aromatic heterocycles. The van der Waals surface area contributed by atoms with Gasteiger partial charge in [0.05, 0.1) is 9.95 Å². The van der Waals surface area contributed by atoms with Gasteiger partial charge in [-0.3, -0.25) is 10.1 Å². The minimum Gasteiger partial charge on any atom is -0.380 e.